The minimum absolute atomic E-state index is 0.0978. The average molecular weight is 837 g/mol. The Labute approximate surface area is 370 Å². The molecule has 1 unspecified atom stereocenters. The Morgan fingerprint density at radius 2 is 0.667 bits per heavy atom. The highest BCUT2D eigenvalue weighted by Gasteiger charge is 2.19. The van der Waals surface area contributed by atoms with Crippen LogP contribution < -0.4 is 0 Å². The zero-order valence-corrected chi connectivity index (χ0v) is 39.2. The molecule has 0 aromatic carbocycles. The van der Waals surface area contributed by atoms with E-state index in [0.717, 1.165) is 103 Å². The van der Waals surface area contributed by atoms with Crippen molar-refractivity contribution in [2.45, 2.75) is 239 Å². The summed E-state index contributed by atoms with van der Waals surface area (Å²) in [5, 5.41) is 0. The fourth-order valence-electron chi connectivity index (χ4n) is 6.67. The van der Waals surface area contributed by atoms with Crippen molar-refractivity contribution in [1.29, 1.82) is 0 Å². The van der Waals surface area contributed by atoms with Crippen LogP contribution in [0, 0.1) is 0 Å². The highest BCUT2D eigenvalue weighted by Crippen LogP contribution is 2.13. The van der Waals surface area contributed by atoms with E-state index in [9.17, 15) is 14.4 Å². The van der Waals surface area contributed by atoms with Gasteiger partial charge in [-0.15, -0.1) is 0 Å². The molecule has 0 aromatic heterocycles. The monoisotopic (exact) mass is 837 g/mol. The minimum Gasteiger partial charge on any atom is -0.462 e. The third kappa shape index (κ3) is 45.9. The lowest BCUT2D eigenvalue weighted by Crippen LogP contribution is -2.30. The first kappa shape index (κ1) is 56.9. The van der Waals surface area contributed by atoms with Crippen LogP contribution in [0.4, 0.5) is 0 Å². The largest absolute Gasteiger partial charge is 0.462 e. The summed E-state index contributed by atoms with van der Waals surface area (Å²) in [5.41, 5.74) is 0. The summed E-state index contributed by atoms with van der Waals surface area (Å²) in [6, 6.07) is 0. The van der Waals surface area contributed by atoms with Crippen LogP contribution in [0.5, 0.6) is 0 Å². The standard InChI is InChI=1S/C54H92O6/c1-4-7-10-13-16-19-21-23-25-26-27-28-29-31-32-35-38-41-44-47-53(56)59-50-51(49-58-52(55)46-43-40-37-34-18-15-12-9-6-3)60-54(57)48-45-42-39-36-33-30-24-22-20-17-14-11-8-5-2/h7,10,16,19,23,25,27-28,30,33-34,37,51H,4-6,8-9,11-15,17-18,20-22,24,26,29,31-32,35-36,38-50H2,1-3H3/b10-7-,19-16-,25-23-,28-27-,33-30-,37-34-. The SMILES string of the molecule is CC/C=C\C/C=C\C/C=C\C/C=C\CCCCCCCCC(=O)OCC(COC(=O)CCC/C=C\CCCCCC)OC(=O)CCCCC/C=C\CCCCCCCCC. The van der Waals surface area contributed by atoms with E-state index in [-0.39, 0.29) is 31.1 Å². The Kier molecular flexibility index (Phi) is 46.0. The van der Waals surface area contributed by atoms with Crippen LogP contribution in [-0.2, 0) is 28.6 Å². The van der Waals surface area contributed by atoms with Crippen LogP contribution >= 0.6 is 0 Å². The van der Waals surface area contributed by atoms with Gasteiger partial charge in [-0.2, -0.15) is 0 Å². The van der Waals surface area contributed by atoms with Crippen molar-refractivity contribution in [2.75, 3.05) is 13.2 Å². The number of ether oxygens (including phenoxy) is 3. The molecule has 0 bridgehead atoms. The summed E-state index contributed by atoms with van der Waals surface area (Å²) in [4.78, 5) is 37.8. The number of unbranched alkanes of at least 4 members (excludes halogenated alkanes) is 21. The fourth-order valence-corrected chi connectivity index (χ4v) is 6.67. The molecule has 1 atom stereocenters. The number of rotatable bonds is 44. The first-order valence-corrected chi connectivity index (χ1v) is 24.9. The summed E-state index contributed by atoms with van der Waals surface area (Å²) in [5.74, 6) is -0.965. The summed E-state index contributed by atoms with van der Waals surface area (Å²) in [7, 11) is 0. The smallest absolute Gasteiger partial charge is 0.306 e. The summed E-state index contributed by atoms with van der Waals surface area (Å²) in [6.45, 7) is 6.43. The molecule has 0 radical (unpaired) electrons. The second-order valence-electron chi connectivity index (χ2n) is 16.3. The van der Waals surface area contributed by atoms with Gasteiger partial charge in [0.1, 0.15) is 13.2 Å². The van der Waals surface area contributed by atoms with Crippen LogP contribution in [0.15, 0.2) is 72.9 Å². The van der Waals surface area contributed by atoms with E-state index in [2.05, 4.69) is 93.7 Å². The first-order valence-electron chi connectivity index (χ1n) is 24.9. The van der Waals surface area contributed by atoms with E-state index in [4.69, 9.17) is 14.2 Å². The molecule has 6 heteroatoms. The number of allylic oxidation sites excluding steroid dienone is 12. The first-order chi connectivity index (χ1) is 29.5. The second kappa shape index (κ2) is 48.5. The Hall–Kier alpha value is -3.15. The summed E-state index contributed by atoms with van der Waals surface area (Å²) in [6.07, 6.45) is 60.4. The van der Waals surface area contributed by atoms with Crippen molar-refractivity contribution in [3.8, 4) is 0 Å². The van der Waals surface area contributed by atoms with Crippen molar-refractivity contribution in [1.82, 2.24) is 0 Å². The van der Waals surface area contributed by atoms with Gasteiger partial charge in [0, 0.05) is 19.3 Å². The lowest BCUT2D eigenvalue weighted by molar-refractivity contribution is -0.167. The maximum absolute atomic E-state index is 12.7. The normalized spacial score (nSPS) is 12.7. The Morgan fingerprint density at radius 3 is 1.13 bits per heavy atom. The third-order valence-electron chi connectivity index (χ3n) is 10.4. The van der Waals surface area contributed by atoms with E-state index in [0.29, 0.717) is 25.7 Å². The van der Waals surface area contributed by atoms with E-state index in [1.807, 2.05) is 0 Å². The third-order valence-corrected chi connectivity index (χ3v) is 10.4. The summed E-state index contributed by atoms with van der Waals surface area (Å²) < 4.78 is 16.7. The Bertz CT molecular complexity index is 1140. The maximum Gasteiger partial charge on any atom is 0.306 e. The molecule has 0 aliphatic rings. The van der Waals surface area contributed by atoms with Gasteiger partial charge in [0.25, 0.3) is 0 Å². The molecule has 0 N–H and O–H groups in total. The molecular weight excluding hydrogens is 745 g/mol. The van der Waals surface area contributed by atoms with Gasteiger partial charge in [-0.05, 0) is 103 Å². The van der Waals surface area contributed by atoms with Crippen molar-refractivity contribution in [3.05, 3.63) is 72.9 Å². The average Bonchev–Trinajstić information content (AvgIpc) is 3.24. The topological polar surface area (TPSA) is 78.9 Å². The van der Waals surface area contributed by atoms with Crippen molar-refractivity contribution >= 4 is 17.9 Å². The molecule has 0 aliphatic carbocycles. The molecule has 344 valence electrons. The lowest BCUT2D eigenvalue weighted by atomic mass is 10.1. The number of carbonyl (C=O) groups excluding carboxylic acids is 3. The van der Waals surface area contributed by atoms with E-state index in [1.54, 1.807) is 0 Å². The molecule has 0 aliphatic heterocycles. The quantitative estimate of drug-likeness (QED) is 0.0263. The Balaban J connectivity index is 4.38. The van der Waals surface area contributed by atoms with Crippen LogP contribution in [0.25, 0.3) is 0 Å². The van der Waals surface area contributed by atoms with Gasteiger partial charge < -0.3 is 14.2 Å². The molecule has 0 saturated carbocycles. The zero-order chi connectivity index (χ0) is 43.7. The zero-order valence-electron chi connectivity index (χ0n) is 39.2. The van der Waals surface area contributed by atoms with Crippen molar-refractivity contribution in [3.63, 3.8) is 0 Å². The van der Waals surface area contributed by atoms with Crippen LogP contribution in [-0.4, -0.2) is 37.2 Å². The van der Waals surface area contributed by atoms with Gasteiger partial charge in [-0.1, -0.05) is 184 Å². The number of hydrogen-bond acceptors (Lipinski definition) is 6. The van der Waals surface area contributed by atoms with E-state index >= 15 is 0 Å². The fraction of sp³-hybridized carbons (Fsp3) is 0.722. The van der Waals surface area contributed by atoms with E-state index < -0.39 is 6.10 Å². The molecule has 0 aromatic rings. The molecular formula is C54H92O6. The molecule has 0 rings (SSSR count). The van der Waals surface area contributed by atoms with Crippen molar-refractivity contribution in [2.24, 2.45) is 0 Å². The van der Waals surface area contributed by atoms with Gasteiger partial charge in [-0.3, -0.25) is 14.4 Å². The number of carbonyl (C=O) groups is 3. The van der Waals surface area contributed by atoms with Gasteiger partial charge in [0.15, 0.2) is 6.10 Å². The van der Waals surface area contributed by atoms with Crippen LogP contribution in [0.1, 0.15) is 233 Å². The predicted molar refractivity (Wildman–Crippen MR) is 256 cm³/mol. The minimum atomic E-state index is -0.798. The number of esters is 3. The maximum atomic E-state index is 12.7. The summed E-state index contributed by atoms with van der Waals surface area (Å²) >= 11 is 0. The van der Waals surface area contributed by atoms with Gasteiger partial charge in [0.2, 0.25) is 0 Å². The van der Waals surface area contributed by atoms with E-state index in [1.165, 1.54) is 83.5 Å². The molecule has 0 fully saturated rings. The molecule has 0 spiro atoms. The molecule has 6 nitrogen and oxygen atoms in total. The van der Waals surface area contributed by atoms with Crippen molar-refractivity contribution < 1.29 is 28.6 Å². The van der Waals surface area contributed by atoms with Gasteiger partial charge >= 0.3 is 17.9 Å². The second-order valence-corrected chi connectivity index (χ2v) is 16.3. The lowest BCUT2D eigenvalue weighted by Gasteiger charge is -2.18. The molecule has 0 heterocycles. The highest BCUT2D eigenvalue weighted by molar-refractivity contribution is 5.71. The van der Waals surface area contributed by atoms with Gasteiger partial charge in [0.05, 0.1) is 0 Å². The number of hydrogen-bond donors (Lipinski definition) is 0. The van der Waals surface area contributed by atoms with Crippen LogP contribution in [0.3, 0.4) is 0 Å². The van der Waals surface area contributed by atoms with Gasteiger partial charge in [-0.25, -0.2) is 0 Å². The molecule has 0 saturated heterocycles. The Morgan fingerprint density at radius 1 is 0.350 bits per heavy atom. The predicted octanol–water partition coefficient (Wildman–Crippen LogP) is 16.3. The molecule has 60 heavy (non-hydrogen) atoms. The highest BCUT2D eigenvalue weighted by atomic mass is 16.6. The van der Waals surface area contributed by atoms with Crippen LogP contribution in [0.2, 0.25) is 0 Å². The molecule has 0 amide bonds.